The van der Waals surface area contributed by atoms with Crippen LogP contribution in [0.15, 0.2) is 82.8 Å². The van der Waals surface area contributed by atoms with Crippen LogP contribution in [0, 0.1) is 5.92 Å². The van der Waals surface area contributed by atoms with Crippen molar-refractivity contribution in [3.63, 3.8) is 0 Å². The molecule has 0 fully saturated rings. The predicted octanol–water partition coefficient (Wildman–Crippen LogP) is 4.85. The Hall–Kier alpha value is -3.45. The molecule has 2 heterocycles. The SMILES string of the molecule is CC(C)C(c1cc2ccccc2n1Cc1ccccc1)N1C/C(=C/CC(=O)NO)N=N1. The third-order valence-corrected chi connectivity index (χ3v) is 5.54. The molecule has 1 aliphatic heterocycles. The number of benzene rings is 2. The van der Waals surface area contributed by atoms with E-state index < -0.39 is 5.91 Å². The van der Waals surface area contributed by atoms with Gasteiger partial charge in [0.1, 0.15) is 0 Å². The second-order valence-corrected chi connectivity index (χ2v) is 8.11. The molecule has 3 aromatic rings. The van der Waals surface area contributed by atoms with Crippen LogP contribution >= 0.6 is 0 Å². The number of carbonyl (C=O) groups is 1. The first kappa shape index (κ1) is 20.8. The summed E-state index contributed by atoms with van der Waals surface area (Å²) in [5, 5.41) is 20.6. The quantitative estimate of drug-likeness (QED) is 0.426. The third kappa shape index (κ3) is 4.51. The molecule has 0 bridgehead atoms. The average molecular weight is 418 g/mol. The highest BCUT2D eigenvalue weighted by molar-refractivity contribution is 5.81. The monoisotopic (exact) mass is 417 g/mol. The van der Waals surface area contributed by atoms with Gasteiger partial charge in [-0.1, -0.05) is 67.6 Å². The summed E-state index contributed by atoms with van der Waals surface area (Å²) in [7, 11) is 0. The fourth-order valence-electron chi connectivity index (χ4n) is 4.12. The van der Waals surface area contributed by atoms with Gasteiger partial charge in [-0.05, 0) is 35.1 Å². The highest BCUT2D eigenvalue weighted by Crippen LogP contribution is 2.36. The number of amides is 1. The fraction of sp³-hybridized carbons (Fsp3) is 0.292. The van der Waals surface area contributed by atoms with Crippen LogP contribution in [0.2, 0.25) is 0 Å². The maximum absolute atomic E-state index is 11.3. The Kier molecular flexibility index (Phi) is 6.13. The molecule has 0 radical (unpaired) electrons. The topological polar surface area (TPSA) is 82.2 Å². The largest absolute Gasteiger partial charge is 0.338 e. The number of nitrogens with one attached hydrogen (secondary N) is 1. The maximum atomic E-state index is 11.3. The predicted molar refractivity (Wildman–Crippen MR) is 119 cm³/mol. The Bertz CT molecular complexity index is 1120. The highest BCUT2D eigenvalue weighted by atomic mass is 16.5. The number of carbonyl (C=O) groups excluding carboxylic acids is 1. The number of hydroxylamine groups is 1. The van der Waals surface area contributed by atoms with Crippen LogP contribution in [-0.4, -0.2) is 27.2 Å². The van der Waals surface area contributed by atoms with Crippen molar-refractivity contribution in [2.45, 2.75) is 32.9 Å². The second-order valence-electron chi connectivity index (χ2n) is 8.11. The van der Waals surface area contributed by atoms with E-state index in [2.05, 4.69) is 83.3 Å². The van der Waals surface area contributed by atoms with E-state index in [1.165, 1.54) is 22.2 Å². The van der Waals surface area contributed by atoms with E-state index in [9.17, 15) is 4.79 Å². The van der Waals surface area contributed by atoms with E-state index in [1.807, 2.05) is 11.1 Å². The van der Waals surface area contributed by atoms with Gasteiger partial charge < -0.3 is 4.57 Å². The molecule has 1 aromatic heterocycles. The minimum absolute atomic E-state index is 0.0254. The Balaban J connectivity index is 1.69. The zero-order valence-electron chi connectivity index (χ0n) is 17.8. The van der Waals surface area contributed by atoms with Gasteiger partial charge in [0.25, 0.3) is 0 Å². The lowest BCUT2D eigenvalue weighted by Crippen LogP contribution is -2.28. The van der Waals surface area contributed by atoms with Crippen molar-refractivity contribution in [1.82, 2.24) is 15.1 Å². The molecule has 0 aliphatic carbocycles. The first-order valence-corrected chi connectivity index (χ1v) is 10.5. The minimum atomic E-state index is -0.468. The van der Waals surface area contributed by atoms with E-state index in [4.69, 9.17) is 5.21 Å². The second kappa shape index (κ2) is 9.14. The van der Waals surface area contributed by atoms with Crippen molar-refractivity contribution in [3.05, 3.63) is 83.7 Å². The molecule has 1 atom stereocenters. The number of nitrogens with zero attached hydrogens (tertiary/aromatic N) is 4. The van der Waals surface area contributed by atoms with Crippen molar-refractivity contribution >= 4 is 16.8 Å². The summed E-state index contributed by atoms with van der Waals surface area (Å²) in [6.45, 7) is 5.67. The van der Waals surface area contributed by atoms with Crippen LogP contribution in [0.5, 0.6) is 0 Å². The molecule has 7 heteroatoms. The van der Waals surface area contributed by atoms with E-state index >= 15 is 0 Å². The van der Waals surface area contributed by atoms with Crippen LogP contribution in [-0.2, 0) is 11.3 Å². The molecule has 1 amide bonds. The maximum Gasteiger partial charge on any atom is 0.247 e. The molecule has 2 N–H and O–H groups in total. The normalized spacial score (nSPS) is 15.9. The number of fused-ring (bicyclic) bond motifs is 1. The van der Waals surface area contributed by atoms with Crippen molar-refractivity contribution in [1.29, 1.82) is 0 Å². The standard InChI is InChI=1S/C24H27N5O2/c1-17(2)24(29-16-20(25-27-29)12-13-23(30)26-31)22-14-19-10-6-7-11-21(19)28(22)15-18-8-4-3-5-9-18/h3-12,14,17,24,31H,13,15-16H2,1-2H3,(H,26,30)/b20-12-. The van der Waals surface area contributed by atoms with Gasteiger partial charge in [0.05, 0.1) is 18.3 Å². The summed E-state index contributed by atoms with van der Waals surface area (Å²) in [6, 6.07) is 21.2. The average Bonchev–Trinajstić information content (AvgIpc) is 3.38. The molecule has 0 saturated carbocycles. The molecule has 7 nitrogen and oxygen atoms in total. The Labute approximate surface area is 181 Å². The van der Waals surface area contributed by atoms with Crippen molar-refractivity contribution in [2.75, 3.05) is 6.54 Å². The molecule has 1 aliphatic rings. The van der Waals surface area contributed by atoms with Gasteiger partial charge in [0.2, 0.25) is 5.91 Å². The van der Waals surface area contributed by atoms with Crippen molar-refractivity contribution in [3.8, 4) is 0 Å². The van der Waals surface area contributed by atoms with E-state index in [1.54, 1.807) is 11.6 Å². The van der Waals surface area contributed by atoms with E-state index in [-0.39, 0.29) is 18.4 Å². The highest BCUT2D eigenvalue weighted by Gasteiger charge is 2.30. The van der Waals surface area contributed by atoms with Gasteiger partial charge in [-0.15, -0.1) is 5.11 Å². The first-order valence-electron chi connectivity index (χ1n) is 10.5. The number of hydrogen-bond acceptors (Lipinski definition) is 5. The smallest absolute Gasteiger partial charge is 0.247 e. The van der Waals surface area contributed by atoms with Crippen LogP contribution in [0.3, 0.4) is 0 Å². The number of hydrogen-bond donors (Lipinski definition) is 2. The molecule has 0 spiro atoms. The lowest BCUT2D eigenvalue weighted by molar-refractivity contribution is -0.128. The van der Waals surface area contributed by atoms with Crippen LogP contribution < -0.4 is 5.48 Å². The van der Waals surface area contributed by atoms with Crippen LogP contribution in [0.1, 0.15) is 37.6 Å². The van der Waals surface area contributed by atoms with Gasteiger partial charge in [-0.25, -0.2) is 5.48 Å². The molecule has 4 rings (SSSR count). The van der Waals surface area contributed by atoms with E-state index in [0.29, 0.717) is 6.54 Å². The lowest BCUT2D eigenvalue weighted by atomic mass is 9.99. The Morgan fingerprint density at radius 3 is 2.65 bits per heavy atom. The molecule has 1 unspecified atom stereocenters. The van der Waals surface area contributed by atoms with Crippen molar-refractivity contribution < 1.29 is 10.0 Å². The molecule has 31 heavy (non-hydrogen) atoms. The Morgan fingerprint density at radius 1 is 1.16 bits per heavy atom. The lowest BCUT2D eigenvalue weighted by Gasteiger charge is -2.29. The van der Waals surface area contributed by atoms with Crippen LogP contribution in [0.4, 0.5) is 0 Å². The summed E-state index contributed by atoms with van der Waals surface area (Å²) in [4.78, 5) is 11.3. The minimum Gasteiger partial charge on any atom is -0.338 e. The van der Waals surface area contributed by atoms with Gasteiger partial charge in [-0.3, -0.25) is 15.0 Å². The molecule has 2 aromatic carbocycles. The summed E-state index contributed by atoms with van der Waals surface area (Å²) >= 11 is 0. The van der Waals surface area contributed by atoms with Gasteiger partial charge in [0, 0.05) is 24.2 Å². The zero-order valence-corrected chi connectivity index (χ0v) is 17.8. The number of para-hydroxylation sites is 1. The molecule has 0 saturated heterocycles. The van der Waals surface area contributed by atoms with Gasteiger partial charge in [0.15, 0.2) is 0 Å². The van der Waals surface area contributed by atoms with Crippen molar-refractivity contribution in [2.24, 2.45) is 16.3 Å². The molecular weight excluding hydrogens is 390 g/mol. The Morgan fingerprint density at radius 2 is 1.90 bits per heavy atom. The summed E-state index contributed by atoms with van der Waals surface area (Å²) in [5.41, 5.74) is 5.99. The summed E-state index contributed by atoms with van der Waals surface area (Å²) < 4.78 is 2.37. The fourth-order valence-corrected chi connectivity index (χ4v) is 4.12. The van der Waals surface area contributed by atoms with E-state index in [0.717, 1.165) is 12.2 Å². The zero-order chi connectivity index (χ0) is 21.8. The molecule has 160 valence electrons. The third-order valence-electron chi connectivity index (χ3n) is 5.54. The molecular formula is C24H27N5O2. The summed E-state index contributed by atoms with van der Waals surface area (Å²) in [5.74, 6) is -0.178. The summed E-state index contributed by atoms with van der Waals surface area (Å²) in [6.07, 6.45) is 1.77. The van der Waals surface area contributed by atoms with Crippen LogP contribution in [0.25, 0.3) is 10.9 Å². The van der Waals surface area contributed by atoms with Gasteiger partial charge >= 0.3 is 0 Å². The van der Waals surface area contributed by atoms with Gasteiger partial charge in [-0.2, -0.15) is 0 Å². The number of rotatable bonds is 7. The first-order chi connectivity index (χ1) is 15.1. The number of aromatic nitrogens is 1.